The molecule has 0 N–H and O–H groups in total. The van der Waals surface area contributed by atoms with Crippen molar-refractivity contribution in [2.45, 2.75) is 44.2 Å². The summed E-state index contributed by atoms with van der Waals surface area (Å²) in [4.78, 5) is 0. The van der Waals surface area contributed by atoms with Gasteiger partial charge in [0.2, 0.25) is 0 Å². The molecule has 0 saturated carbocycles. The van der Waals surface area contributed by atoms with Crippen LogP contribution in [0.4, 0.5) is 30.7 Å². The minimum atomic E-state index is -6.22. The Labute approximate surface area is 98.9 Å². The Kier molecular flexibility index (Phi) is 6.10. The zero-order valence-corrected chi connectivity index (χ0v) is 9.91. The van der Waals surface area contributed by atoms with Crippen LogP contribution in [0.3, 0.4) is 0 Å². The Balaban J connectivity index is 4.28. The van der Waals surface area contributed by atoms with Gasteiger partial charge in [-0.15, -0.1) is 0 Å². The average molecular weight is 286 g/mol. The molecule has 0 aliphatic rings. The monoisotopic (exact) mass is 286 g/mol. The summed E-state index contributed by atoms with van der Waals surface area (Å²) in [7, 11) is 0. The van der Waals surface area contributed by atoms with E-state index in [0.29, 0.717) is 18.2 Å². The van der Waals surface area contributed by atoms with Gasteiger partial charge >= 0.3 is 18.0 Å². The van der Waals surface area contributed by atoms with Crippen molar-refractivity contribution >= 4 is 11.8 Å². The van der Waals surface area contributed by atoms with E-state index in [1.54, 1.807) is 0 Å². The van der Waals surface area contributed by atoms with Crippen molar-refractivity contribution in [1.82, 2.24) is 0 Å². The molecule has 0 aliphatic heterocycles. The van der Waals surface area contributed by atoms with Crippen LogP contribution in [-0.2, 0) is 0 Å². The van der Waals surface area contributed by atoms with Crippen LogP contribution in [0.1, 0.15) is 26.2 Å². The largest absolute Gasteiger partial charge is 0.459 e. The molecule has 0 aromatic carbocycles. The van der Waals surface area contributed by atoms with Crippen LogP contribution < -0.4 is 0 Å². The normalized spacial score (nSPS) is 14.1. The van der Waals surface area contributed by atoms with E-state index in [2.05, 4.69) is 0 Å². The number of unbranched alkanes of at least 4 members (excludes halogenated alkanes) is 2. The van der Waals surface area contributed by atoms with Crippen LogP contribution in [0.25, 0.3) is 0 Å². The molecule has 0 fully saturated rings. The molecule has 0 unspecified atom stereocenters. The van der Waals surface area contributed by atoms with Crippen molar-refractivity contribution in [3.05, 3.63) is 0 Å². The van der Waals surface area contributed by atoms with Crippen LogP contribution in [0.5, 0.6) is 0 Å². The predicted molar refractivity (Wildman–Crippen MR) is 52.8 cm³/mol. The predicted octanol–water partition coefficient (Wildman–Crippen LogP) is 4.74. The first kappa shape index (κ1) is 16.9. The minimum absolute atomic E-state index is 0.150. The number of rotatable bonds is 7. The molecule has 17 heavy (non-hydrogen) atoms. The van der Waals surface area contributed by atoms with Gasteiger partial charge in [0.15, 0.2) is 0 Å². The second-order valence-electron chi connectivity index (χ2n) is 3.54. The summed E-state index contributed by atoms with van der Waals surface area (Å²) in [6.07, 6.45) is -4.15. The number of thioether (sulfide) groups is 1. The Bertz CT molecular complexity index is 224. The lowest BCUT2D eigenvalue weighted by Crippen LogP contribution is -2.53. The molecule has 0 aliphatic carbocycles. The van der Waals surface area contributed by atoms with Crippen molar-refractivity contribution in [2.75, 3.05) is 11.5 Å². The number of hydrogen-bond donors (Lipinski definition) is 0. The second-order valence-corrected chi connectivity index (χ2v) is 4.64. The quantitative estimate of drug-likeness (QED) is 0.481. The van der Waals surface area contributed by atoms with E-state index in [9.17, 15) is 30.7 Å². The average Bonchev–Trinajstić information content (AvgIpc) is 2.15. The molecular formula is C9H13F7S. The molecule has 0 radical (unpaired) electrons. The first-order chi connectivity index (χ1) is 7.56. The fourth-order valence-corrected chi connectivity index (χ4v) is 1.94. The summed E-state index contributed by atoms with van der Waals surface area (Å²) in [6.45, 7) is 1.86. The van der Waals surface area contributed by atoms with E-state index >= 15 is 0 Å². The number of alkyl halides is 7. The van der Waals surface area contributed by atoms with Gasteiger partial charge in [-0.05, 0) is 12.2 Å². The standard InChI is InChI=1S/C9H13F7S/c1-2-3-4-5-17-6-7(10,11)8(12,13)9(14,15)16/h2-6H2,1H3. The van der Waals surface area contributed by atoms with Crippen molar-refractivity contribution in [3.8, 4) is 0 Å². The summed E-state index contributed by atoms with van der Waals surface area (Å²) in [5.41, 5.74) is 0. The van der Waals surface area contributed by atoms with Gasteiger partial charge in [0.05, 0.1) is 5.75 Å². The topological polar surface area (TPSA) is 0 Å². The van der Waals surface area contributed by atoms with Gasteiger partial charge in [-0.2, -0.15) is 42.5 Å². The van der Waals surface area contributed by atoms with E-state index in [0.717, 1.165) is 12.8 Å². The highest BCUT2D eigenvalue weighted by atomic mass is 32.2. The number of hydrogen-bond acceptors (Lipinski definition) is 1. The Hall–Kier alpha value is -0.140. The molecule has 0 amide bonds. The Morgan fingerprint density at radius 3 is 1.82 bits per heavy atom. The van der Waals surface area contributed by atoms with Crippen molar-refractivity contribution < 1.29 is 30.7 Å². The maximum Gasteiger partial charge on any atom is 0.459 e. The summed E-state index contributed by atoms with van der Waals surface area (Å²) < 4.78 is 85.4. The fraction of sp³-hybridized carbons (Fsp3) is 1.00. The van der Waals surface area contributed by atoms with Gasteiger partial charge in [-0.3, -0.25) is 0 Å². The fourth-order valence-electron chi connectivity index (χ4n) is 0.952. The van der Waals surface area contributed by atoms with Crippen molar-refractivity contribution in [2.24, 2.45) is 0 Å². The Morgan fingerprint density at radius 2 is 1.41 bits per heavy atom. The molecule has 0 aromatic heterocycles. The van der Waals surface area contributed by atoms with E-state index in [1.807, 2.05) is 6.92 Å². The van der Waals surface area contributed by atoms with Crippen LogP contribution in [0, 0.1) is 0 Å². The smallest absolute Gasteiger partial charge is 0.199 e. The third kappa shape index (κ3) is 4.56. The first-order valence-corrected chi connectivity index (χ1v) is 6.12. The zero-order chi connectivity index (χ0) is 13.7. The third-order valence-electron chi connectivity index (χ3n) is 1.99. The highest BCUT2D eigenvalue weighted by molar-refractivity contribution is 7.99. The highest BCUT2D eigenvalue weighted by Gasteiger charge is 2.72. The third-order valence-corrected chi connectivity index (χ3v) is 3.13. The summed E-state index contributed by atoms with van der Waals surface area (Å²) >= 11 is 0.413. The summed E-state index contributed by atoms with van der Waals surface area (Å²) in [5.74, 6) is -12.4. The molecule has 0 aromatic rings. The molecule has 0 rings (SSSR count). The Morgan fingerprint density at radius 1 is 0.882 bits per heavy atom. The first-order valence-electron chi connectivity index (χ1n) is 4.96. The minimum Gasteiger partial charge on any atom is -0.199 e. The maximum absolute atomic E-state index is 12.7. The van der Waals surface area contributed by atoms with E-state index in [4.69, 9.17) is 0 Å². The van der Waals surface area contributed by atoms with Gasteiger partial charge in [-0.1, -0.05) is 19.8 Å². The van der Waals surface area contributed by atoms with Crippen molar-refractivity contribution in [1.29, 1.82) is 0 Å². The SMILES string of the molecule is CCCCCSCC(F)(F)C(F)(F)C(F)(F)F. The van der Waals surface area contributed by atoms with Gasteiger partial charge in [0.1, 0.15) is 0 Å². The molecular weight excluding hydrogens is 273 g/mol. The lowest BCUT2D eigenvalue weighted by atomic mass is 10.2. The van der Waals surface area contributed by atoms with E-state index < -0.39 is 23.8 Å². The highest BCUT2D eigenvalue weighted by Crippen LogP contribution is 2.47. The molecule has 0 bridgehead atoms. The van der Waals surface area contributed by atoms with Crippen molar-refractivity contribution in [3.63, 3.8) is 0 Å². The molecule has 0 saturated heterocycles. The lowest BCUT2D eigenvalue weighted by Gasteiger charge is -2.27. The van der Waals surface area contributed by atoms with Crippen LogP contribution in [0.2, 0.25) is 0 Å². The van der Waals surface area contributed by atoms with Gasteiger partial charge in [0, 0.05) is 0 Å². The molecule has 0 heterocycles. The van der Waals surface area contributed by atoms with Gasteiger partial charge < -0.3 is 0 Å². The molecule has 8 heteroatoms. The van der Waals surface area contributed by atoms with E-state index in [1.165, 1.54) is 0 Å². The van der Waals surface area contributed by atoms with E-state index in [-0.39, 0.29) is 5.75 Å². The summed E-state index contributed by atoms with van der Waals surface area (Å²) in [5, 5.41) is 0. The van der Waals surface area contributed by atoms with Crippen LogP contribution in [-0.4, -0.2) is 29.5 Å². The zero-order valence-electron chi connectivity index (χ0n) is 9.09. The lowest BCUT2D eigenvalue weighted by molar-refractivity contribution is -0.348. The van der Waals surface area contributed by atoms with Crippen LogP contribution in [0.15, 0.2) is 0 Å². The maximum atomic E-state index is 12.7. The van der Waals surface area contributed by atoms with Gasteiger partial charge in [-0.25, -0.2) is 0 Å². The number of halogens is 7. The second kappa shape index (κ2) is 6.15. The van der Waals surface area contributed by atoms with Gasteiger partial charge in [0.25, 0.3) is 0 Å². The molecule has 0 atom stereocenters. The molecule has 104 valence electrons. The molecule has 0 spiro atoms. The summed E-state index contributed by atoms with van der Waals surface area (Å²) in [6, 6.07) is 0. The van der Waals surface area contributed by atoms with Crippen LogP contribution >= 0.6 is 11.8 Å². The molecule has 0 nitrogen and oxygen atoms in total.